The van der Waals surface area contributed by atoms with Crippen molar-refractivity contribution in [2.45, 2.75) is 63.5 Å². The van der Waals surface area contributed by atoms with Gasteiger partial charge in [-0.05, 0) is 51.7 Å². The summed E-state index contributed by atoms with van der Waals surface area (Å²) in [7, 11) is -3.19. The molecule has 0 spiro atoms. The molecule has 1 saturated heterocycles. The fraction of sp³-hybridized carbons (Fsp3) is 0.542. The Bertz CT molecular complexity index is 1320. The average Bonchev–Trinajstić information content (AvgIpc) is 3.41. The van der Waals surface area contributed by atoms with Crippen LogP contribution in [0.2, 0.25) is 0 Å². The van der Waals surface area contributed by atoms with E-state index in [0.29, 0.717) is 25.0 Å². The van der Waals surface area contributed by atoms with Crippen LogP contribution in [-0.2, 0) is 19.5 Å². The molecule has 3 heterocycles. The number of sulfonamides is 1. The molecule has 1 aliphatic heterocycles. The summed E-state index contributed by atoms with van der Waals surface area (Å²) in [6.45, 7) is 4.67. The van der Waals surface area contributed by atoms with E-state index in [0.717, 1.165) is 42.3 Å². The van der Waals surface area contributed by atoms with Crippen molar-refractivity contribution in [3.8, 4) is 11.6 Å². The van der Waals surface area contributed by atoms with E-state index in [-0.39, 0.29) is 18.2 Å². The topological polar surface area (TPSA) is 129 Å². The molecule has 1 aliphatic carbocycles. The molecule has 2 aliphatic rings. The van der Waals surface area contributed by atoms with Crippen LogP contribution in [0.3, 0.4) is 0 Å². The van der Waals surface area contributed by atoms with Crippen LogP contribution in [-0.4, -0.2) is 71.6 Å². The third-order valence-corrected chi connectivity index (χ3v) is 7.13. The Balaban J connectivity index is 1.26. The molecule has 12 heteroatoms. The number of rotatable bonds is 8. The number of nitrogens with zero attached hydrogens (tertiary/aromatic N) is 4. The molecule has 1 saturated carbocycles. The van der Waals surface area contributed by atoms with Crippen molar-refractivity contribution in [2.24, 2.45) is 0 Å². The van der Waals surface area contributed by atoms with Crippen LogP contribution in [0, 0.1) is 0 Å². The first-order chi connectivity index (χ1) is 17.2. The van der Waals surface area contributed by atoms with E-state index in [1.54, 1.807) is 17.1 Å². The van der Waals surface area contributed by atoms with Gasteiger partial charge in [-0.2, -0.15) is 10.1 Å². The molecule has 194 valence electrons. The highest BCUT2D eigenvalue weighted by atomic mass is 32.2. The standard InChI is InChI=1S/C24H32N6O5S/c1-24(2)34-15-18(35-24)14-33-21-6-4-5-20-19(21)13-26-30(20)22-11-12-25-23(28-22)27-16-7-9-17(10-8-16)29-36(3,31)32/h4-6,11-13,16-18,29H,7-10,14-15H2,1-3H3,(H,25,27,28)/t16?,17?,18-/m1/s1. The fourth-order valence-electron chi connectivity index (χ4n) is 4.74. The third kappa shape index (κ3) is 5.94. The molecule has 0 radical (unpaired) electrons. The minimum absolute atomic E-state index is 0.0172. The highest BCUT2D eigenvalue weighted by Gasteiger charge is 2.33. The Morgan fingerprint density at radius 3 is 2.67 bits per heavy atom. The minimum Gasteiger partial charge on any atom is -0.490 e. The highest BCUT2D eigenvalue weighted by Crippen LogP contribution is 2.29. The van der Waals surface area contributed by atoms with Gasteiger partial charge in [-0.15, -0.1) is 0 Å². The van der Waals surface area contributed by atoms with Crippen molar-refractivity contribution in [1.29, 1.82) is 0 Å². The Morgan fingerprint density at radius 2 is 1.94 bits per heavy atom. The Kier molecular flexibility index (Phi) is 6.86. The normalized spacial score (nSPS) is 24.1. The van der Waals surface area contributed by atoms with Crippen LogP contribution in [0.4, 0.5) is 5.95 Å². The van der Waals surface area contributed by atoms with Crippen molar-refractivity contribution in [2.75, 3.05) is 24.8 Å². The van der Waals surface area contributed by atoms with Gasteiger partial charge in [-0.25, -0.2) is 22.8 Å². The lowest BCUT2D eigenvalue weighted by Gasteiger charge is -2.29. The van der Waals surface area contributed by atoms with Gasteiger partial charge in [0.1, 0.15) is 18.5 Å². The van der Waals surface area contributed by atoms with Crippen LogP contribution >= 0.6 is 0 Å². The van der Waals surface area contributed by atoms with E-state index in [9.17, 15) is 8.42 Å². The first kappa shape index (κ1) is 24.9. The number of ether oxygens (including phenoxy) is 3. The van der Waals surface area contributed by atoms with Gasteiger partial charge >= 0.3 is 0 Å². The van der Waals surface area contributed by atoms with Gasteiger partial charge < -0.3 is 19.5 Å². The maximum atomic E-state index is 11.5. The lowest BCUT2D eigenvalue weighted by Crippen LogP contribution is -2.39. The van der Waals surface area contributed by atoms with Crippen LogP contribution in [0.5, 0.6) is 5.75 Å². The molecule has 3 aromatic rings. The molecule has 2 fully saturated rings. The summed E-state index contributed by atoms with van der Waals surface area (Å²) in [6, 6.07) is 7.78. The Morgan fingerprint density at radius 1 is 1.17 bits per heavy atom. The molecule has 5 rings (SSSR count). The number of benzene rings is 1. The van der Waals surface area contributed by atoms with Crippen LogP contribution in [0.1, 0.15) is 39.5 Å². The molecular formula is C24H32N6O5S. The molecule has 0 unspecified atom stereocenters. The number of anilines is 1. The van der Waals surface area contributed by atoms with E-state index in [4.69, 9.17) is 14.2 Å². The summed E-state index contributed by atoms with van der Waals surface area (Å²) in [5, 5.41) is 8.83. The van der Waals surface area contributed by atoms with Gasteiger partial charge in [0.25, 0.3) is 0 Å². The molecule has 1 aromatic carbocycles. The first-order valence-corrected chi connectivity index (χ1v) is 14.0. The molecule has 11 nitrogen and oxygen atoms in total. The van der Waals surface area contributed by atoms with E-state index in [1.165, 1.54) is 6.26 Å². The molecule has 0 amide bonds. The average molecular weight is 517 g/mol. The summed E-state index contributed by atoms with van der Waals surface area (Å²) in [5.74, 6) is 1.29. The van der Waals surface area contributed by atoms with E-state index < -0.39 is 15.8 Å². The van der Waals surface area contributed by atoms with E-state index in [1.807, 2.05) is 38.1 Å². The summed E-state index contributed by atoms with van der Waals surface area (Å²) >= 11 is 0. The number of nitrogens with one attached hydrogen (secondary N) is 2. The summed E-state index contributed by atoms with van der Waals surface area (Å²) in [4.78, 5) is 9.06. The molecule has 2 aromatic heterocycles. The summed E-state index contributed by atoms with van der Waals surface area (Å²) in [5.41, 5.74) is 0.869. The number of hydrogen-bond donors (Lipinski definition) is 2. The summed E-state index contributed by atoms with van der Waals surface area (Å²) < 4.78 is 44.9. The largest absolute Gasteiger partial charge is 0.490 e. The minimum atomic E-state index is -3.19. The van der Waals surface area contributed by atoms with E-state index in [2.05, 4.69) is 25.1 Å². The predicted octanol–water partition coefficient (Wildman–Crippen LogP) is 2.62. The predicted molar refractivity (Wildman–Crippen MR) is 135 cm³/mol. The van der Waals surface area contributed by atoms with Crippen LogP contribution in [0.25, 0.3) is 16.7 Å². The van der Waals surface area contributed by atoms with Gasteiger partial charge in [-0.3, -0.25) is 0 Å². The maximum absolute atomic E-state index is 11.5. The smallest absolute Gasteiger partial charge is 0.224 e. The van der Waals surface area contributed by atoms with Gasteiger partial charge in [0, 0.05) is 24.3 Å². The fourth-order valence-corrected chi connectivity index (χ4v) is 5.58. The second kappa shape index (κ2) is 9.92. The quantitative estimate of drug-likeness (QED) is 0.464. The van der Waals surface area contributed by atoms with Crippen molar-refractivity contribution in [3.63, 3.8) is 0 Å². The summed E-state index contributed by atoms with van der Waals surface area (Å²) in [6.07, 6.45) is 7.75. The van der Waals surface area contributed by atoms with E-state index >= 15 is 0 Å². The van der Waals surface area contributed by atoms with Gasteiger partial charge in [0.15, 0.2) is 11.6 Å². The Labute approximate surface area is 210 Å². The van der Waals surface area contributed by atoms with Crippen molar-refractivity contribution in [1.82, 2.24) is 24.5 Å². The molecular weight excluding hydrogens is 484 g/mol. The van der Waals surface area contributed by atoms with Crippen molar-refractivity contribution < 1.29 is 22.6 Å². The zero-order valence-corrected chi connectivity index (χ0v) is 21.5. The zero-order valence-electron chi connectivity index (χ0n) is 20.7. The van der Waals surface area contributed by atoms with Gasteiger partial charge in [0.05, 0.1) is 30.0 Å². The first-order valence-electron chi connectivity index (χ1n) is 12.1. The number of hydrogen-bond acceptors (Lipinski definition) is 9. The molecule has 36 heavy (non-hydrogen) atoms. The maximum Gasteiger partial charge on any atom is 0.224 e. The highest BCUT2D eigenvalue weighted by molar-refractivity contribution is 7.88. The molecule has 2 N–H and O–H groups in total. The van der Waals surface area contributed by atoms with Crippen LogP contribution < -0.4 is 14.8 Å². The SMILES string of the molecule is CC1(C)OC[C@@H](COc2cccc3c2cnn3-c2ccnc(NC3CCC(NS(C)(=O)=O)CC3)n2)O1. The zero-order chi connectivity index (χ0) is 25.3. The van der Waals surface area contributed by atoms with Crippen molar-refractivity contribution in [3.05, 3.63) is 36.7 Å². The number of fused-ring (bicyclic) bond motifs is 1. The number of aromatic nitrogens is 4. The lowest BCUT2D eigenvalue weighted by atomic mass is 9.92. The monoisotopic (exact) mass is 516 g/mol. The Hall–Kier alpha value is -2.80. The van der Waals surface area contributed by atoms with Crippen molar-refractivity contribution >= 4 is 26.9 Å². The second-order valence-corrected chi connectivity index (χ2v) is 11.6. The molecule has 1 atom stereocenters. The van der Waals surface area contributed by atoms with Crippen LogP contribution in [0.15, 0.2) is 36.7 Å². The van der Waals surface area contributed by atoms with Gasteiger partial charge in [-0.1, -0.05) is 6.07 Å². The molecule has 0 bridgehead atoms. The second-order valence-electron chi connectivity index (χ2n) is 9.83. The van der Waals surface area contributed by atoms with Gasteiger partial charge in [0.2, 0.25) is 16.0 Å². The lowest BCUT2D eigenvalue weighted by molar-refractivity contribution is -0.141. The third-order valence-electron chi connectivity index (χ3n) is 6.36.